The summed E-state index contributed by atoms with van der Waals surface area (Å²) in [6.07, 6.45) is 0.843. The first kappa shape index (κ1) is 20.4. The van der Waals surface area contributed by atoms with E-state index < -0.39 is 0 Å². The number of hydrogen-bond donors (Lipinski definition) is 1. The van der Waals surface area contributed by atoms with E-state index in [0.717, 1.165) is 29.7 Å². The van der Waals surface area contributed by atoms with E-state index in [1.54, 1.807) is 6.07 Å². The van der Waals surface area contributed by atoms with Gasteiger partial charge in [0.25, 0.3) is 5.69 Å². The van der Waals surface area contributed by atoms with Crippen LogP contribution in [0.15, 0.2) is 46.9 Å². The zero-order valence-corrected chi connectivity index (χ0v) is 16.7. The Labute approximate surface area is 162 Å². The normalized spacial score (nSPS) is 10.9. The average Bonchev–Trinajstić information content (AvgIpc) is 2.60. The van der Waals surface area contributed by atoms with Crippen LogP contribution in [0.25, 0.3) is 0 Å². The Hall–Kier alpha value is -1.96. The molecular weight excluding hydrogens is 398 g/mol. The van der Waals surface area contributed by atoms with Crippen molar-refractivity contribution < 1.29 is 9.66 Å². The summed E-state index contributed by atoms with van der Waals surface area (Å²) in [6, 6.07) is 13.1. The predicted molar refractivity (Wildman–Crippen MR) is 107 cm³/mol. The molecule has 6 nitrogen and oxygen atoms in total. The molecule has 0 unspecified atom stereocenters. The van der Waals surface area contributed by atoms with Gasteiger partial charge in [0, 0.05) is 23.6 Å². The molecule has 0 amide bonds. The van der Waals surface area contributed by atoms with E-state index in [1.807, 2.05) is 44.4 Å². The molecule has 0 aliphatic carbocycles. The molecule has 0 saturated carbocycles. The first-order valence-electron chi connectivity index (χ1n) is 8.46. The number of nitro groups is 1. The SMILES string of the molecule is CN(C)CCOc1ccc(CCNCc2c(Br)cccc2[N+](=O)[O-])cc1. The molecule has 1 N–H and O–H groups in total. The lowest BCUT2D eigenvalue weighted by atomic mass is 10.1. The van der Waals surface area contributed by atoms with Crippen molar-refractivity contribution in [2.24, 2.45) is 0 Å². The maximum atomic E-state index is 11.1. The van der Waals surface area contributed by atoms with E-state index in [4.69, 9.17) is 4.74 Å². The first-order valence-corrected chi connectivity index (χ1v) is 9.25. The molecule has 2 rings (SSSR count). The Morgan fingerprint density at radius 1 is 1.19 bits per heavy atom. The standard InChI is InChI=1S/C19H24BrN3O3/c1-22(2)12-13-26-16-8-6-15(7-9-16)10-11-21-14-17-18(20)4-3-5-19(17)23(24)25/h3-9,21H,10-14H2,1-2H3. The van der Waals surface area contributed by atoms with Crippen LogP contribution in [0.1, 0.15) is 11.1 Å². The number of nitrogens with zero attached hydrogens (tertiary/aromatic N) is 2. The number of likely N-dealkylation sites (N-methyl/N-ethyl adjacent to an activating group) is 1. The van der Waals surface area contributed by atoms with Crippen molar-refractivity contribution in [2.75, 3.05) is 33.8 Å². The van der Waals surface area contributed by atoms with Crippen LogP contribution in [-0.2, 0) is 13.0 Å². The van der Waals surface area contributed by atoms with Crippen molar-refractivity contribution in [2.45, 2.75) is 13.0 Å². The van der Waals surface area contributed by atoms with Crippen LogP contribution in [0.4, 0.5) is 5.69 Å². The Morgan fingerprint density at radius 2 is 1.92 bits per heavy atom. The fourth-order valence-corrected chi connectivity index (χ4v) is 2.93. The van der Waals surface area contributed by atoms with Gasteiger partial charge < -0.3 is 15.0 Å². The molecule has 7 heteroatoms. The van der Waals surface area contributed by atoms with Gasteiger partial charge in [-0.25, -0.2) is 0 Å². The van der Waals surface area contributed by atoms with E-state index in [-0.39, 0.29) is 10.6 Å². The number of benzene rings is 2. The quantitative estimate of drug-likeness (QED) is 0.360. The van der Waals surface area contributed by atoms with Crippen LogP contribution in [-0.4, -0.2) is 43.6 Å². The molecule has 0 bridgehead atoms. The van der Waals surface area contributed by atoms with Gasteiger partial charge in [0.15, 0.2) is 0 Å². The monoisotopic (exact) mass is 421 g/mol. The minimum Gasteiger partial charge on any atom is -0.492 e. The van der Waals surface area contributed by atoms with Gasteiger partial charge in [0.2, 0.25) is 0 Å². The predicted octanol–water partition coefficient (Wildman–Crippen LogP) is 3.63. The zero-order valence-electron chi connectivity index (χ0n) is 15.1. The van der Waals surface area contributed by atoms with Crippen LogP contribution >= 0.6 is 15.9 Å². The van der Waals surface area contributed by atoms with Gasteiger partial charge in [-0.1, -0.05) is 34.1 Å². The highest BCUT2D eigenvalue weighted by Gasteiger charge is 2.15. The third-order valence-corrected chi connectivity index (χ3v) is 4.66. The summed E-state index contributed by atoms with van der Waals surface area (Å²) < 4.78 is 6.43. The second-order valence-electron chi connectivity index (χ2n) is 6.22. The molecule has 0 aliphatic heterocycles. The summed E-state index contributed by atoms with van der Waals surface area (Å²) in [5, 5.41) is 14.4. The second-order valence-corrected chi connectivity index (χ2v) is 7.07. The van der Waals surface area contributed by atoms with E-state index >= 15 is 0 Å². The van der Waals surface area contributed by atoms with Gasteiger partial charge in [-0.2, -0.15) is 0 Å². The molecule has 0 aromatic heterocycles. The molecular formula is C19H24BrN3O3. The van der Waals surface area contributed by atoms with Crippen LogP contribution in [0, 0.1) is 10.1 Å². The molecule has 2 aromatic carbocycles. The second kappa shape index (κ2) is 10.3. The fourth-order valence-electron chi connectivity index (χ4n) is 2.44. The van der Waals surface area contributed by atoms with Gasteiger partial charge >= 0.3 is 0 Å². The van der Waals surface area contributed by atoms with E-state index in [0.29, 0.717) is 18.7 Å². The minimum absolute atomic E-state index is 0.131. The summed E-state index contributed by atoms with van der Waals surface area (Å²) in [5.41, 5.74) is 1.99. The van der Waals surface area contributed by atoms with Crippen molar-refractivity contribution >= 4 is 21.6 Å². The van der Waals surface area contributed by atoms with Crippen LogP contribution in [0.2, 0.25) is 0 Å². The highest BCUT2D eigenvalue weighted by Crippen LogP contribution is 2.26. The van der Waals surface area contributed by atoms with Crippen LogP contribution in [0.3, 0.4) is 0 Å². The van der Waals surface area contributed by atoms with Crippen molar-refractivity contribution in [3.05, 3.63) is 68.2 Å². The summed E-state index contributed by atoms with van der Waals surface area (Å²) in [4.78, 5) is 12.8. The number of ether oxygens (including phenoxy) is 1. The first-order chi connectivity index (χ1) is 12.5. The molecule has 0 heterocycles. The number of nitrogens with one attached hydrogen (secondary N) is 1. The van der Waals surface area contributed by atoms with Gasteiger partial charge in [-0.05, 0) is 50.8 Å². The molecule has 140 valence electrons. The Bertz CT molecular complexity index is 720. The molecule has 0 spiro atoms. The Morgan fingerprint density at radius 3 is 2.58 bits per heavy atom. The molecule has 2 aromatic rings. The van der Waals surface area contributed by atoms with Crippen molar-refractivity contribution in [3.8, 4) is 5.75 Å². The largest absolute Gasteiger partial charge is 0.492 e. The summed E-state index contributed by atoms with van der Waals surface area (Å²) >= 11 is 3.39. The summed E-state index contributed by atoms with van der Waals surface area (Å²) in [7, 11) is 4.03. The fraction of sp³-hybridized carbons (Fsp3) is 0.368. The zero-order chi connectivity index (χ0) is 18.9. The third-order valence-electron chi connectivity index (χ3n) is 3.91. The van der Waals surface area contributed by atoms with Crippen molar-refractivity contribution in [1.82, 2.24) is 10.2 Å². The maximum Gasteiger partial charge on any atom is 0.275 e. The molecule has 0 radical (unpaired) electrons. The topological polar surface area (TPSA) is 67.6 Å². The van der Waals surface area contributed by atoms with E-state index in [2.05, 4.69) is 26.1 Å². The molecule has 26 heavy (non-hydrogen) atoms. The highest BCUT2D eigenvalue weighted by molar-refractivity contribution is 9.10. The molecule has 0 fully saturated rings. The number of rotatable bonds is 10. The smallest absolute Gasteiger partial charge is 0.275 e. The number of halogens is 1. The van der Waals surface area contributed by atoms with Gasteiger partial charge in [0.05, 0.1) is 10.5 Å². The van der Waals surface area contributed by atoms with Crippen LogP contribution in [0.5, 0.6) is 5.75 Å². The average molecular weight is 422 g/mol. The Balaban J connectivity index is 1.79. The summed E-state index contributed by atoms with van der Waals surface area (Å²) in [6.45, 7) is 2.73. The van der Waals surface area contributed by atoms with Gasteiger partial charge in [0.1, 0.15) is 12.4 Å². The third kappa shape index (κ3) is 6.40. The summed E-state index contributed by atoms with van der Waals surface area (Å²) in [5.74, 6) is 0.868. The van der Waals surface area contributed by atoms with E-state index in [9.17, 15) is 10.1 Å². The lowest BCUT2D eigenvalue weighted by Gasteiger charge is -2.11. The number of nitro benzene ring substituents is 1. The molecule has 0 aliphatic rings. The van der Waals surface area contributed by atoms with Crippen molar-refractivity contribution in [3.63, 3.8) is 0 Å². The van der Waals surface area contributed by atoms with E-state index in [1.165, 1.54) is 11.6 Å². The maximum absolute atomic E-state index is 11.1. The lowest BCUT2D eigenvalue weighted by Crippen LogP contribution is -2.19. The highest BCUT2D eigenvalue weighted by atomic mass is 79.9. The Kier molecular flexibility index (Phi) is 8.03. The number of hydrogen-bond acceptors (Lipinski definition) is 5. The molecule has 0 saturated heterocycles. The lowest BCUT2D eigenvalue weighted by molar-refractivity contribution is -0.385. The van der Waals surface area contributed by atoms with Crippen molar-refractivity contribution in [1.29, 1.82) is 0 Å². The van der Waals surface area contributed by atoms with Crippen LogP contribution < -0.4 is 10.1 Å². The molecule has 0 atom stereocenters. The van der Waals surface area contributed by atoms with Gasteiger partial charge in [-0.15, -0.1) is 0 Å². The van der Waals surface area contributed by atoms with Gasteiger partial charge in [-0.3, -0.25) is 10.1 Å². The minimum atomic E-state index is -0.350.